The number of fused-ring (bicyclic) bond motifs is 1. The van der Waals surface area contributed by atoms with Crippen molar-refractivity contribution in [2.45, 2.75) is 17.9 Å². The Morgan fingerprint density at radius 3 is 2.68 bits per heavy atom. The van der Waals surface area contributed by atoms with Crippen LogP contribution in [0.3, 0.4) is 0 Å². The van der Waals surface area contributed by atoms with Crippen LogP contribution in [-0.4, -0.2) is 45.0 Å². The van der Waals surface area contributed by atoms with Gasteiger partial charge in [0.2, 0.25) is 0 Å². The minimum absolute atomic E-state index is 0.0840. The van der Waals surface area contributed by atoms with Crippen molar-refractivity contribution in [3.8, 4) is 0 Å². The van der Waals surface area contributed by atoms with Gasteiger partial charge in [0, 0.05) is 18.0 Å². The van der Waals surface area contributed by atoms with E-state index < -0.39 is 0 Å². The van der Waals surface area contributed by atoms with Crippen LogP contribution in [0.5, 0.6) is 0 Å². The van der Waals surface area contributed by atoms with E-state index >= 15 is 0 Å². The first-order valence-corrected chi connectivity index (χ1v) is 11.3. The van der Waals surface area contributed by atoms with E-state index in [4.69, 9.17) is 0 Å². The lowest BCUT2D eigenvalue weighted by molar-refractivity contribution is 0.0949. The van der Waals surface area contributed by atoms with E-state index in [1.165, 1.54) is 5.56 Å². The quantitative estimate of drug-likeness (QED) is 0.393. The third kappa shape index (κ3) is 5.03. The average molecular weight is 433 g/mol. The Hall–Kier alpha value is -3.39. The minimum atomic E-state index is -0.0840. The zero-order valence-corrected chi connectivity index (χ0v) is 18.1. The molecule has 0 fully saturated rings. The third-order valence-electron chi connectivity index (χ3n) is 4.94. The number of nitrogens with one attached hydrogen (secondary N) is 2. The first-order chi connectivity index (χ1) is 15.3. The molecule has 31 heavy (non-hydrogen) atoms. The van der Waals surface area contributed by atoms with Crippen LogP contribution in [0.15, 0.2) is 72.0 Å². The van der Waals surface area contributed by atoms with E-state index in [1.54, 1.807) is 29.0 Å². The molecule has 0 unspecified atom stereocenters. The van der Waals surface area contributed by atoms with Gasteiger partial charge < -0.3 is 10.6 Å². The van der Waals surface area contributed by atoms with Gasteiger partial charge in [-0.3, -0.25) is 4.79 Å². The summed E-state index contributed by atoms with van der Waals surface area (Å²) >= 11 is 1.56. The van der Waals surface area contributed by atoms with Gasteiger partial charge in [-0.1, -0.05) is 42.5 Å². The summed E-state index contributed by atoms with van der Waals surface area (Å²) in [5.41, 5.74) is 2.71. The Morgan fingerprint density at radius 1 is 1.03 bits per heavy atom. The summed E-state index contributed by atoms with van der Waals surface area (Å²) in [6, 6.07) is 17.9. The molecule has 7 nitrogen and oxygen atoms in total. The number of thioether (sulfide) groups is 1. The number of rotatable bonds is 9. The predicted octanol–water partition coefficient (Wildman–Crippen LogP) is 3.63. The number of benzene rings is 2. The molecule has 0 aliphatic heterocycles. The van der Waals surface area contributed by atoms with Gasteiger partial charge in [-0.2, -0.15) is 5.10 Å². The number of hydrogen-bond donors (Lipinski definition) is 2. The number of nitrogens with zero attached hydrogens (tertiary/aromatic N) is 4. The highest BCUT2D eigenvalue weighted by molar-refractivity contribution is 7.98. The standard InChI is InChI=1S/C23H24N6OS/c1-31-20-10-6-5-9-18(20)23(30)25-13-14-29-22-19(15-28-29)21(26-16-27-22)24-12-11-17-7-3-2-4-8-17/h2-10,15-16H,11-14H2,1H3,(H,25,30)(H,24,26,27). The molecule has 4 aromatic rings. The molecule has 2 N–H and O–H groups in total. The SMILES string of the molecule is CSc1ccccc1C(=O)NCCn1ncc2c(NCCc3ccccc3)ncnc21. The molecule has 0 spiro atoms. The first-order valence-electron chi connectivity index (χ1n) is 10.1. The smallest absolute Gasteiger partial charge is 0.252 e. The maximum Gasteiger partial charge on any atom is 0.252 e. The first kappa shape index (κ1) is 20.9. The van der Waals surface area contributed by atoms with E-state index in [2.05, 4.69) is 37.8 Å². The molecular formula is C23H24N6OS. The number of hydrogen-bond acceptors (Lipinski definition) is 6. The van der Waals surface area contributed by atoms with Crippen molar-refractivity contribution < 1.29 is 4.79 Å². The maximum absolute atomic E-state index is 12.5. The molecule has 1 amide bonds. The highest BCUT2D eigenvalue weighted by atomic mass is 32.2. The Balaban J connectivity index is 1.37. The van der Waals surface area contributed by atoms with Crippen LogP contribution in [-0.2, 0) is 13.0 Å². The summed E-state index contributed by atoms with van der Waals surface area (Å²) in [5.74, 6) is 0.685. The largest absolute Gasteiger partial charge is 0.369 e. The van der Waals surface area contributed by atoms with Crippen molar-refractivity contribution in [2.75, 3.05) is 24.7 Å². The van der Waals surface area contributed by atoms with E-state index in [1.807, 2.05) is 48.7 Å². The van der Waals surface area contributed by atoms with Crippen LogP contribution >= 0.6 is 11.8 Å². The van der Waals surface area contributed by atoms with E-state index in [-0.39, 0.29) is 5.91 Å². The molecule has 4 rings (SSSR count). The number of carbonyl (C=O) groups excluding carboxylic acids is 1. The molecule has 0 aliphatic carbocycles. The topological polar surface area (TPSA) is 84.7 Å². The normalized spacial score (nSPS) is 10.9. The van der Waals surface area contributed by atoms with Crippen LogP contribution in [0.4, 0.5) is 5.82 Å². The molecule has 0 bridgehead atoms. The molecular weight excluding hydrogens is 408 g/mol. The van der Waals surface area contributed by atoms with Gasteiger partial charge in [0.05, 0.1) is 23.7 Å². The van der Waals surface area contributed by atoms with Crippen molar-refractivity contribution in [3.05, 3.63) is 78.2 Å². The Bertz CT molecular complexity index is 1160. The number of carbonyl (C=O) groups is 1. The lowest BCUT2D eigenvalue weighted by Gasteiger charge is -2.09. The fourth-order valence-corrected chi connectivity index (χ4v) is 3.97. The molecule has 0 atom stereocenters. The number of anilines is 1. The number of aromatic nitrogens is 4. The Labute approximate surface area is 185 Å². The van der Waals surface area contributed by atoms with Crippen molar-refractivity contribution in [2.24, 2.45) is 0 Å². The maximum atomic E-state index is 12.5. The Morgan fingerprint density at radius 2 is 1.84 bits per heavy atom. The van der Waals surface area contributed by atoms with Crippen LogP contribution < -0.4 is 10.6 Å². The fraction of sp³-hybridized carbons (Fsp3) is 0.217. The summed E-state index contributed by atoms with van der Waals surface area (Å²) in [6.07, 6.45) is 6.18. The average Bonchev–Trinajstić information content (AvgIpc) is 3.23. The Kier molecular flexibility index (Phi) is 6.78. The van der Waals surface area contributed by atoms with Crippen molar-refractivity contribution in [1.82, 2.24) is 25.1 Å². The molecule has 158 valence electrons. The van der Waals surface area contributed by atoms with Crippen LogP contribution in [0, 0.1) is 0 Å². The highest BCUT2D eigenvalue weighted by Gasteiger charge is 2.12. The summed E-state index contributed by atoms with van der Waals surface area (Å²) in [5, 5.41) is 11.7. The molecule has 2 heterocycles. The summed E-state index contributed by atoms with van der Waals surface area (Å²) in [4.78, 5) is 22.2. The molecule has 2 aromatic heterocycles. The van der Waals surface area contributed by atoms with Gasteiger partial charge in [-0.05, 0) is 30.4 Å². The zero-order chi connectivity index (χ0) is 21.5. The van der Waals surface area contributed by atoms with E-state index in [9.17, 15) is 4.79 Å². The van der Waals surface area contributed by atoms with Gasteiger partial charge in [0.15, 0.2) is 5.65 Å². The summed E-state index contributed by atoms with van der Waals surface area (Å²) in [7, 11) is 0. The van der Waals surface area contributed by atoms with Gasteiger partial charge in [-0.15, -0.1) is 11.8 Å². The molecule has 2 aromatic carbocycles. The summed E-state index contributed by atoms with van der Waals surface area (Å²) < 4.78 is 1.79. The van der Waals surface area contributed by atoms with Crippen LogP contribution in [0.25, 0.3) is 11.0 Å². The van der Waals surface area contributed by atoms with E-state index in [0.29, 0.717) is 18.7 Å². The molecule has 0 radical (unpaired) electrons. The molecule has 0 aliphatic rings. The van der Waals surface area contributed by atoms with Crippen LogP contribution in [0.1, 0.15) is 15.9 Å². The van der Waals surface area contributed by atoms with Gasteiger partial charge in [0.25, 0.3) is 5.91 Å². The fourth-order valence-electron chi connectivity index (χ4n) is 3.37. The van der Waals surface area contributed by atoms with Crippen LogP contribution in [0.2, 0.25) is 0 Å². The second kappa shape index (κ2) is 10.1. The monoisotopic (exact) mass is 432 g/mol. The molecule has 0 saturated carbocycles. The van der Waals surface area contributed by atoms with Gasteiger partial charge in [-0.25, -0.2) is 14.6 Å². The van der Waals surface area contributed by atoms with Gasteiger partial charge in [0.1, 0.15) is 12.1 Å². The van der Waals surface area contributed by atoms with Gasteiger partial charge >= 0.3 is 0 Å². The lowest BCUT2D eigenvalue weighted by atomic mass is 10.1. The van der Waals surface area contributed by atoms with Crippen molar-refractivity contribution in [3.63, 3.8) is 0 Å². The van der Waals surface area contributed by atoms with E-state index in [0.717, 1.165) is 34.7 Å². The van der Waals surface area contributed by atoms with Crippen molar-refractivity contribution in [1.29, 1.82) is 0 Å². The number of amides is 1. The second-order valence-electron chi connectivity index (χ2n) is 6.95. The lowest BCUT2D eigenvalue weighted by Crippen LogP contribution is -2.28. The predicted molar refractivity (Wildman–Crippen MR) is 125 cm³/mol. The van der Waals surface area contributed by atoms with Crippen molar-refractivity contribution >= 4 is 34.5 Å². The second-order valence-corrected chi connectivity index (χ2v) is 7.79. The highest BCUT2D eigenvalue weighted by Crippen LogP contribution is 2.20. The summed E-state index contributed by atoms with van der Waals surface area (Å²) in [6.45, 7) is 1.75. The zero-order valence-electron chi connectivity index (χ0n) is 17.3. The third-order valence-corrected chi connectivity index (χ3v) is 5.74. The minimum Gasteiger partial charge on any atom is -0.369 e. The molecule has 8 heteroatoms. The molecule has 0 saturated heterocycles.